The molecule has 1 amide bonds. The monoisotopic (exact) mass is 430 g/mol. The Balaban J connectivity index is 2.69. The van der Waals surface area contributed by atoms with Gasteiger partial charge in [-0.25, -0.2) is 5.84 Å². The molecule has 0 aliphatic heterocycles. The van der Waals surface area contributed by atoms with Crippen LogP contribution in [0.25, 0.3) is 5.70 Å². The highest BCUT2D eigenvalue weighted by molar-refractivity contribution is 6.43. The molecule has 0 spiro atoms. The lowest BCUT2D eigenvalue weighted by Crippen LogP contribution is -2.47. The number of para-hydroxylation sites is 1. The lowest BCUT2D eigenvalue weighted by Gasteiger charge is -2.20. The van der Waals surface area contributed by atoms with E-state index in [9.17, 15) is 14.8 Å². The van der Waals surface area contributed by atoms with E-state index in [0.29, 0.717) is 23.4 Å². The Labute approximate surface area is 185 Å². The van der Waals surface area contributed by atoms with Crippen molar-refractivity contribution in [3.05, 3.63) is 59.3 Å². The number of methoxy groups -OCH3 is 1. The molecule has 8 nitrogen and oxygen atoms in total. The summed E-state index contributed by atoms with van der Waals surface area (Å²) >= 11 is 0. The summed E-state index contributed by atoms with van der Waals surface area (Å²) in [6.07, 6.45) is 6.69. The van der Waals surface area contributed by atoms with Crippen LogP contribution in [0.3, 0.4) is 0 Å². The zero-order chi connectivity index (χ0) is 23.4. The van der Waals surface area contributed by atoms with Gasteiger partial charge in [0.1, 0.15) is 5.75 Å². The average molecular weight is 430 g/mol. The number of hydrogen-bond donors (Lipinski definition) is 5. The molecule has 0 aliphatic carbocycles. The first kappa shape index (κ1) is 26.3. The average Bonchev–Trinajstić information content (AvgIpc) is 2.76. The molecule has 31 heavy (non-hydrogen) atoms. The zero-order valence-corrected chi connectivity index (χ0v) is 18.8. The number of nitrogens with two attached hydrogens (primary N) is 2. The summed E-state index contributed by atoms with van der Waals surface area (Å²) in [4.78, 5) is 12.3. The van der Waals surface area contributed by atoms with Crippen LogP contribution in [0.5, 0.6) is 5.75 Å². The third-order valence-corrected chi connectivity index (χ3v) is 4.84. The highest BCUT2D eigenvalue weighted by Crippen LogP contribution is 2.22. The van der Waals surface area contributed by atoms with Crippen LogP contribution in [0.1, 0.15) is 45.6 Å². The minimum atomic E-state index is -1.68. The number of carbonyl (C=O) groups excluding carboxylic acids is 1. The number of amides is 1. The number of benzene rings is 1. The van der Waals surface area contributed by atoms with E-state index in [2.05, 4.69) is 5.32 Å². The Hall–Kier alpha value is -2.75. The van der Waals surface area contributed by atoms with Gasteiger partial charge in [0.2, 0.25) is 5.91 Å². The van der Waals surface area contributed by atoms with E-state index in [4.69, 9.17) is 16.3 Å². The standard InChI is InChI=1S/C22H35BN4O4/c1-5-16(3)13-17(6-2)14-21(23(29)30)26-22(28)11-12-27(25)15-19(24)18-9-7-8-10-20(18)31-4/h6-10,13,15,21,29-30H,5,11-12,14,24-25H2,1-4H3,(H,26,28)/b16-13+,17-6+,19-15-/t21-/m0/s1. The number of ether oxygens (including phenoxy) is 1. The van der Waals surface area contributed by atoms with Gasteiger partial charge in [0.05, 0.1) is 18.7 Å². The van der Waals surface area contributed by atoms with Crippen molar-refractivity contribution in [2.75, 3.05) is 13.7 Å². The Morgan fingerprint density at radius 2 is 2.03 bits per heavy atom. The number of allylic oxidation sites excluding steroid dienone is 3. The summed E-state index contributed by atoms with van der Waals surface area (Å²) in [7, 11) is -0.120. The van der Waals surface area contributed by atoms with Gasteiger partial charge in [0, 0.05) is 24.7 Å². The van der Waals surface area contributed by atoms with Crippen LogP contribution in [0.2, 0.25) is 0 Å². The van der Waals surface area contributed by atoms with Crippen LogP contribution in [0, 0.1) is 0 Å². The highest BCUT2D eigenvalue weighted by Gasteiger charge is 2.25. The van der Waals surface area contributed by atoms with E-state index >= 15 is 0 Å². The SMILES string of the molecule is C/C=C(\C=C(/C)CC)C[C@H](NC(=O)CCN(N)/C=C(\N)c1ccccc1OC)B(O)O. The number of carbonyl (C=O) groups is 1. The number of rotatable bonds is 12. The molecule has 7 N–H and O–H groups in total. The summed E-state index contributed by atoms with van der Waals surface area (Å²) in [6, 6.07) is 7.28. The Morgan fingerprint density at radius 3 is 2.61 bits per heavy atom. The molecule has 0 heterocycles. The van der Waals surface area contributed by atoms with Crippen molar-refractivity contribution in [2.45, 2.75) is 46.0 Å². The normalized spacial score (nSPS) is 13.6. The van der Waals surface area contributed by atoms with Gasteiger partial charge in [-0.05, 0) is 38.8 Å². The highest BCUT2D eigenvalue weighted by atomic mass is 16.5. The van der Waals surface area contributed by atoms with Crippen molar-refractivity contribution in [3.63, 3.8) is 0 Å². The molecule has 1 aromatic carbocycles. The fraction of sp³-hybridized carbons (Fsp3) is 0.409. The maximum absolute atomic E-state index is 12.3. The van der Waals surface area contributed by atoms with Gasteiger partial charge in [0.25, 0.3) is 0 Å². The number of nitrogens with zero attached hydrogens (tertiary/aromatic N) is 1. The number of nitrogens with one attached hydrogen (secondary N) is 1. The predicted molar refractivity (Wildman–Crippen MR) is 125 cm³/mol. The maximum atomic E-state index is 12.3. The van der Waals surface area contributed by atoms with Gasteiger partial charge >= 0.3 is 7.12 Å². The van der Waals surface area contributed by atoms with Crippen LogP contribution in [0.4, 0.5) is 0 Å². The first-order valence-corrected chi connectivity index (χ1v) is 10.3. The first-order chi connectivity index (χ1) is 14.7. The first-order valence-electron chi connectivity index (χ1n) is 10.3. The quantitative estimate of drug-likeness (QED) is 0.148. The van der Waals surface area contributed by atoms with E-state index in [0.717, 1.165) is 12.0 Å². The van der Waals surface area contributed by atoms with Crippen LogP contribution >= 0.6 is 0 Å². The third kappa shape index (κ3) is 9.29. The molecule has 0 saturated carbocycles. The van der Waals surface area contributed by atoms with Crippen molar-refractivity contribution in [2.24, 2.45) is 11.6 Å². The van der Waals surface area contributed by atoms with E-state index in [1.165, 1.54) is 16.8 Å². The second kappa shape index (κ2) is 13.5. The summed E-state index contributed by atoms with van der Waals surface area (Å²) in [5.41, 5.74) is 9.29. The Kier molecular flexibility index (Phi) is 11.5. The molecular formula is C22H35BN4O4. The molecule has 0 aliphatic rings. The molecule has 1 aromatic rings. The molecule has 0 fully saturated rings. The largest absolute Gasteiger partial charge is 0.496 e. The molecular weight excluding hydrogens is 395 g/mol. The van der Waals surface area contributed by atoms with E-state index < -0.39 is 13.1 Å². The Bertz CT molecular complexity index is 808. The van der Waals surface area contributed by atoms with E-state index in [1.54, 1.807) is 13.2 Å². The number of hydrazine groups is 1. The summed E-state index contributed by atoms with van der Waals surface area (Å²) in [5, 5.41) is 23.4. The van der Waals surface area contributed by atoms with Gasteiger partial charge in [-0.2, -0.15) is 0 Å². The van der Waals surface area contributed by atoms with Crippen LogP contribution in [0.15, 0.2) is 53.8 Å². The molecule has 0 bridgehead atoms. The fourth-order valence-electron chi connectivity index (χ4n) is 2.87. The molecule has 1 atom stereocenters. The second-order valence-corrected chi connectivity index (χ2v) is 7.27. The Morgan fingerprint density at radius 1 is 1.35 bits per heavy atom. The van der Waals surface area contributed by atoms with E-state index in [1.807, 2.05) is 51.1 Å². The van der Waals surface area contributed by atoms with Gasteiger partial charge < -0.3 is 30.8 Å². The van der Waals surface area contributed by atoms with Crippen molar-refractivity contribution in [1.29, 1.82) is 0 Å². The third-order valence-electron chi connectivity index (χ3n) is 4.84. The van der Waals surface area contributed by atoms with E-state index in [-0.39, 0.29) is 18.9 Å². The van der Waals surface area contributed by atoms with Crippen molar-refractivity contribution in [1.82, 2.24) is 10.3 Å². The van der Waals surface area contributed by atoms with Gasteiger partial charge in [-0.3, -0.25) is 4.79 Å². The van der Waals surface area contributed by atoms with Crippen LogP contribution < -0.4 is 21.6 Å². The zero-order valence-electron chi connectivity index (χ0n) is 18.8. The lowest BCUT2D eigenvalue weighted by molar-refractivity contribution is -0.121. The van der Waals surface area contributed by atoms with Crippen LogP contribution in [-0.2, 0) is 4.79 Å². The minimum absolute atomic E-state index is 0.0599. The molecule has 0 saturated heterocycles. The smallest absolute Gasteiger partial charge is 0.475 e. The van der Waals surface area contributed by atoms with Crippen molar-refractivity contribution < 1.29 is 19.6 Å². The summed E-state index contributed by atoms with van der Waals surface area (Å²) < 4.78 is 5.28. The molecule has 0 unspecified atom stereocenters. The topological polar surface area (TPSA) is 134 Å². The maximum Gasteiger partial charge on any atom is 0.475 e. The second-order valence-electron chi connectivity index (χ2n) is 7.27. The molecule has 1 rings (SSSR count). The minimum Gasteiger partial charge on any atom is -0.496 e. The lowest BCUT2D eigenvalue weighted by atomic mass is 9.75. The summed E-state index contributed by atoms with van der Waals surface area (Å²) in [5.74, 6) is 5.41. The van der Waals surface area contributed by atoms with Gasteiger partial charge in [-0.1, -0.05) is 42.4 Å². The molecule has 9 heteroatoms. The van der Waals surface area contributed by atoms with Crippen LogP contribution in [-0.4, -0.2) is 47.7 Å². The molecule has 170 valence electrons. The fourth-order valence-corrected chi connectivity index (χ4v) is 2.87. The van der Waals surface area contributed by atoms with Crippen molar-refractivity contribution in [3.8, 4) is 5.75 Å². The van der Waals surface area contributed by atoms with Crippen molar-refractivity contribution >= 4 is 18.7 Å². The summed E-state index contributed by atoms with van der Waals surface area (Å²) in [6.45, 7) is 6.13. The predicted octanol–water partition coefficient (Wildman–Crippen LogP) is 1.71. The molecule has 0 aromatic heterocycles. The molecule has 0 radical (unpaired) electrons. The van der Waals surface area contributed by atoms with Gasteiger partial charge in [0.15, 0.2) is 0 Å². The number of hydrogen-bond acceptors (Lipinski definition) is 7. The van der Waals surface area contributed by atoms with Gasteiger partial charge in [-0.15, -0.1) is 0 Å².